The molecule has 0 bridgehead atoms. The number of hydrogen-bond donors (Lipinski definition) is 1. The second-order valence-corrected chi connectivity index (χ2v) is 6.41. The second-order valence-electron chi connectivity index (χ2n) is 6.41. The van der Waals surface area contributed by atoms with Crippen molar-refractivity contribution in [2.24, 2.45) is 0 Å². The molecule has 0 aliphatic rings. The highest BCUT2D eigenvalue weighted by atomic mass is 19.4. The molecular formula is C20H21F3N2O2. The van der Waals surface area contributed by atoms with Crippen molar-refractivity contribution < 1.29 is 22.8 Å². The third-order valence-corrected chi connectivity index (χ3v) is 4.29. The third-order valence-electron chi connectivity index (χ3n) is 4.29. The van der Waals surface area contributed by atoms with E-state index >= 15 is 0 Å². The first-order valence-electron chi connectivity index (χ1n) is 8.36. The third kappa shape index (κ3) is 5.65. The van der Waals surface area contributed by atoms with E-state index in [0.29, 0.717) is 23.4 Å². The van der Waals surface area contributed by atoms with Crippen molar-refractivity contribution in [3.8, 4) is 0 Å². The van der Waals surface area contributed by atoms with E-state index in [1.54, 1.807) is 43.1 Å². The maximum atomic E-state index is 12.6. The lowest BCUT2D eigenvalue weighted by Gasteiger charge is -2.24. The number of rotatable bonds is 6. The molecule has 0 fully saturated rings. The molecular weight excluding hydrogens is 357 g/mol. The average Bonchev–Trinajstić information content (AvgIpc) is 2.60. The van der Waals surface area contributed by atoms with Crippen LogP contribution in [-0.2, 0) is 17.5 Å². The van der Waals surface area contributed by atoms with E-state index in [-0.39, 0.29) is 11.7 Å². The van der Waals surface area contributed by atoms with E-state index in [1.807, 2.05) is 0 Å². The van der Waals surface area contributed by atoms with E-state index < -0.39 is 17.8 Å². The van der Waals surface area contributed by atoms with Crippen LogP contribution >= 0.6 is 0 Å². The number of halogens is 3. The van der Waals surface area contributed by atoms with Crippen LogP contribution in [0.5, 0.6) is 0 Å². The fourth-order valence-corrected chi connectivity index (χ4v) is 2.49. The van der Waals surface area contributed by atoms with Crippen molar-refractivity contribution >= 4 is 17.4 Å². The van der Waals surface area contributed by atoms with E-state index in [2.05, 4.69) is 5.32 Å². The van der Waals surface area contributed by atoms with Crippen LogP contribution in [0.3, 0.4) is 0 Å². The zero-order chi connectivity index (χ0) is 20.2. The molecule has 0 spiro atoms. The molecule has 0 saturated heterocycles. The Morgan fingerprint density at radius 1 is 1.11 bits per heavy atom. The number of carbonyl (C=O) groups excluding carboxylic acids is 2. The topological polar surface area (TPSA) is 49.4 Å². The van der Waals surface area contributed by atoms with Gasteiger partial charge >= 0.3 is 6.18 Å². The van der Waals surface area contributed by atoms with Crippen LogP contribution in [0.25, 0.3) is 0 Å². The lowest BCUT2D eigenvalue weighted by Crippen LogP contribution is -2.39. The van der Waals surface area contributed by atoms with E-state index in [9.17, 15) is 22.8 Å². The highest BCUT2D eigenvalue weighted by Crippen LogP contribution is 2.29. The first kappa shape index (κ1) is 20.6. The second kappa shape index (κ2) is 8.35. The lowest BCUT2D eigenvalue weighted by molar-refractivity contribution is -0.137. The molecule has 7 heteroatoms. The summed E-state index contributed by atoms with van der Waals surface area (Å²) in [6.07, 6.45) is -4.37. The Morgan fingerprint density at radius 3 is 2.30 bits per heavy atom. The minimum atomic E-state index is -4.37. The molecule has 1 N–H and O–H groups in total. The van der Waals surface area contributed by atoms with Crippen LogP contribution in [0.2, 0.25) is 0 Å². The number of likely N-dealkylation sites (N-methyl/N-ethyl adjacent to an activating group) is 1. The highest BCUT2D eigenvalue weighted by molar-refractivity contribution is 5.98. The molecule has 0 aliphatic heterocycles. The van der Waals surface area contributed by atoms with E-state index in [4.69, 9.17) is 0 Å². The average molecular weight is 378 g/mol. The van der Waals surface area contributed by atoms with Crippen molar-refractivity contribution in [3.05, 3.63) is 65.2 Å². The Bertz CT molecular complexity index is 817. The lowest BCUT2D eigenvalue weighted by atomic mass is 10.1. The van der Waals surface area contributed by atoms with Crippen molar-refractivity contribution in [2.45, 2.75) is 32.6 Å². The van der Waals surface area contributed by atoms with Gasteiger partial charge in [0, 0.05) is 17.8 Å². The van der Waals surface area contributed by atoms with Gasteiger partial charge < -0.3 is 5.32 Å². The van der Waals surface area contributed by atoms with E-state index in [0.717, 1.165) is 12.1 Å². The summed E-state index contributed by atoms with van der Waals surface area (Å²) in [5.41, 5.74) is 0.981. The van der Waals surface area contributed by atoms with Gasteiger partial charge in [-0.1, -0.05) is 24.3 Å². The molecule has 0 heterocycles. The molecule has 0 saturated carbocycles. The Morgan fingerprint density at radius 2 is 1.74 bits per heavy atom. The van der Waals surface area contributed by atoms with Gasteiger partial charge in [0.15, 0.2) is 5.78 Å². The van der Waals surface area contributed by atoms with Crippen LogP contribution in [-0.4, -0.2) is 29.7 Å². The molecule has 4 nitrogen and oxygen atoms in total. The van der Waals surface area contributed by atoms with Gasteiger partial charge in [-0.15, -0.1) is 0 Å². The summed E-state index contributed by atoms with van der Waals surface area (Å²) in [6, 6.07) is 11.0. The molecule has 0 aliphatic carbocycles. The number of Topliss-reactive ketones (excluding diaryl/α,β-unsaturated/α-hetero) is 1. The number of alkyl halides is 3. The molecule has 27 heavy (non-hydrogen) atoms. The summed E-state index contributed by atoms with van der Waals surface area (Å²) >= 11 is 0. The first-order valence-corrected chi connectivity index (χ1v) is 8.36. The Labute approximate surface area is 156 Å². The van der Waals surface area contributed by atoms with Gasteiger partial charge in [0.25, 0.3) is 0 Å². The molecule has 2 rings (SSSR count). The zero-order valence-electron chi connectivity index (χ0n) is 15.3. The Hall–Kier alpha value is -2.67. The zero-order valence-corrected chi connectivity index (χ0v) is 15.3. The smallest absolute Gasteiger partial charge is 0.325 e. The summed E-state index contributed by atoms with van der Waals surface area (Å²) in [5, 5.41) is 2.75. The summed E-state index contributed by atoms with van der Waals surface area (Å²) in [6.45, 7) is 3.47. The number of nitrogens with zero attached hydrogens (tertiary/aromatic N) is 1. The van der Waals surface area contributed by atoms with Gasteiger partial charge in [0.2, 0.25) is 5.91 Å². The van der Waals surface area contributed by atoms with Crippen LogP contribution in [0.4, 0.5) is 18.9 Å². The number of benzene rings is 2. The van der Waals surface area contributed by atoms with Gasteiger partial charge in [-0.3, -0.25) is 14.5 Å². The number of anilines is 1. The molecule has 1 amide bonds. The van der Waals surface area contributed by atoms with Crippen molar-refractivity contribution in [3.63, 3.8) is 0 Å². The van der Waals surface area contributed by atoms with E-state index in [1.165, 1.54) is 19.1 Å². The largest absolute Gasteiger partial charge is 0.416 e. The normalized spacial score (nSPS) is 12.7. The maximum absolute atomic E-state index is 12.6. The fraction of sp³-hybridized carbons (Fsp3) is 0.300. The molecule has 0 radical (unpaired) electrons. The van der Waals surface area contributed by atoms with Gasteiger partial charge in [0.05, 0.1) is 11.6 Å². The molecule has 144 valence electrons. The van der Waals surface area contributed by atoms with Crippen LogP contribution in [0.15, 0.2) is 48.5 Å². The number of amides is 1. The van der Waals surface area contributed by atoms with Crippen molar-refractivity contribution in [1.82, 2.24) is 4.90 Å². The molecule has 1 atom stereocenters. The summed E-state index contributed by atoms with van der Waals surface area (Å²) in [7, 11) is 1.72. The minimum Gasteiger partial charge on any atom is -0.325 e. The molecule has 0 aromatic heterocycles. The summed E-state index contributed by atoms with van der Waals surface area (Å²) < 4.78 is 37.9. The number of carbonyl (C=O) groups is 2. The molecule has 2 aromatic carbocycles. The fourth-order valence-electron chi connectivity index (χ4n) is 2.49. The number of nitrogens with one attached hydrogen (secondary N) is 1. The van der Waals surface area contributed by atoms with Gasteiger partial charge in [0.1, 0.15) is 0 Å². The maximum Gasteiger partial charge on any atom is 0.416 e. The monoisotopic (exact) mass is 378 g/mol. The Kier molecular flexibility index (Phi) is 6.38. The predicted octanol–water partition coefficient (Wildman–Crippen LogP) is 4.37. The number of hydrogen-bond acceptors (Lipinski definition) is 3. The van der Waals surface area contributed by atoms with Gasteiger partial charge in [-0.25, -0.2) is 0 Å². The minimum absolute atomic E-state index is 0.0985. The molecule has 0 unspecified atom stereocenters. The highest BCUT2D eigenvalue weighted by Gasteiger charge is 2.30. The molecule has 2 aromatic rings. The Balaban J connectivity index is 1.99. The standard InChI is InChI=1S/C20H21F3N2O2/c1-13(19(27)24-18-6-4-5-16(11-18)14(2)26)25(3)12-15-7-9-17(10-8-15)20(21,22)23/h4-11,13H,12H2,1-3H3,(H,24,27)/t13-/m0/s1. The van der Waals surface area contributed by atoms with Crippen molar-refractivity contribution in [2.75, 3.05) is 12.4 Å². The van der Waals surface area contributed by atoms with Gasteiger partial charge in [-0.2, -0.15) is 13.2 Å². The van der Waals surface area contributed by atoms with Gasteiger partial charge in [-0.05, 0) is 50.7 Å². The van der Waals surface area contributed by atoms with Crippen LogP contribution in [0.1, 0.15) is 35.3 Å². The first-order chi connectivity index (χ1) is 12.6. The summed E-state index contributed by atoms with van der Waals surface area (Å²) in [4.78, 5) is 25.6. The van der Waals surface area contributed by atoms with Crippen LogP contribution in [0, 0.1) is 0 Å². The predicted molar refractivity (Wildman–Crippen MR) is 97.4 cm³/mol. The SMILES string of the molecule is CC(=O)c1cccc(NC(=O)[C@H](C)N(C)Cc2ccc(C(F)(F)F)cc2)c1. The number of ketones is 1. The van der Waals surface area contributed by atoms with Crippen LogP contribution < -0.4 is 5.32 Å². The van der Waals surface area contributed by atoms with Crippen molar-refractivity contribution in [1.29, 1.82) is 0 Å². The quantitative estimate of drug-likeness (QED) is 0.760. The summed E-state index contributed by atoms with van der Waals surface area (Å²) in [5.74, 6) is -0.372.